The fourth-order valence-corrected chi connectivity index (χ4v) is 4.89. The molecule has 8 heteroatoms. The van der Waals surface area contributed by atoms with Crippen molar-refractivity contribution in [3.8, 4) is 0 Å². The molecule has 0 saturated heterocycles. The van der Waals surface area contributed by atoms with Crippen LogP contribution in [0.15, 0.2) is 52.1 Å². The second-order valence-electron chi connectivity index (χ2n) is 10.1. The molecule has 0 radical (unpaired) electrons. The van der Waals surface area contributed by atoms with Crippen molar-refractivity contribution in [1.82, 2.24) is 24.1 Å². The van der Waals surface area contributed by atoms with Gasteiger partial charge >= 0.3 is 5.69 Å². The number of rotatable bonds is 6. The normalized spacial score (nSPS) is 14.4. The second kappa shape index (κ2) is 9.17. The molecule has 2 aromatic heterocycles. The maximum absolute atomic E-state index is 13.6. The minimum atomic E-state index is -0.337. The molecule has 1 amide bonds. The summed E-state index contributed by atoms with van der Waals surface area (Å²) in [5.41, 5.74) is 2.37. The number of carbonyl (C=O) groups is 1. The van der Waals surface area contributed by atoms with Gasteiger partial charge < -0.3 is 5.32 Å². The van der Waals surface area contributed by atoms with Gasteiger partial charge in [-0.1, -0.05) is 56.5 Å². The minimum Gasteiger partial charge on any atom is -0.349 e. The van der Waals surface area contributed by atoms with Gasteiger partial charge in [0.05, 0.1) is 17.4 Å². The number of hydrogen-bond acceptors (Lipinski definition) is 4. The molecular weight excluding hydrogens is 442 g/mol. The lowest BCUT2D eigenvalue weighted by Gasteiger charge is -2.14. The van der Waals surface area contributed by atoms with Crippen molar-refractivity contribution >= 4 is 22.6 Å². The topological polar surface area (TPSA) is 90.4 Å². The average molecular weight is 474 g/mol. The largest absolute Gasteiger partial charge is 0.352 e. The molecule has 8 nitrogen and oxygen atoms in total. The SMILES string of the molecule is Cc1ccc(Cn2nc3n(CC(C)C)c(=O)c4ccc(C(=O)NC5CCCC5)cc4n3c2=O)cc1. The molecule has 182 valence electrons. The maximum Gasteiger partial charge on any atom is 0.352 e. The fourth-order valence-electron chi connectivity index (χ4n) is 4.89. The van der Waals surface area contributed by atoms with Gasteiger partial charge in [-0.3, -0.25) is 14.2 Å². The number of aryl methyl sites for hydroxylation is 1. The highest BCUT2D eigenvalue weighted by Crippen LogP contribution is 2.20. The van der Waals surface area contributed by atoms with Crippen molar-refractivity contribution in [2.24, 2.45) is 5.92 Å². The summed E-state index contributed by atoms with van der Waals surface area (Å²) in [6.07, 6.45) is 4.20. The Hall–Kier alpha value is -3.68. The van der Waals surface area contributed by atoms with Crippen LogP contribution < -0.4 is 16.6 Å². The predicted octanol–water partition coefficient (Wildman–Crippen LogP) is 3.50. The Labute approximate surface area is 203 Å². The van der Waals surface area contributed by atoms with E-state index in [-0.39, 0.29) is 29.1 Å². The highest BCUT2D eigenvalue weighted by molar-refractivity contribution is 5.98. The van der Waals surface area contributed by atoms with Gasteiger partial charge in [0.2, 0.25) is 5.78 Å². The van der Waals surface area contributed by atoms with Crippen LogP contribution in [-0.2, 0) is 13.1 Å². The van der Waals surface area contributed by atoms with Crippen LogP contribution in [0.25, 0.3) is 16.7 Å². The van der Waals surface area contributed by atoms with E-state index in [9.17, 15) is 14.4 Å². The van der Waals surface area contributed by atoms with Gasteiger partial charge in [0.25, 0.3) is 11.5 Å². The molecule has 5 rings (SSSR count). The summed E-state index contributed by atoms with van der Waals surface area (Å²) in [4.78, 5) is 40.0. The van der Waals surface area contributed by atoms with Crippen LogP contribution >= 0.6 is 0 Å². The zero-order valence-corrected chi connectivity index (χ0v) is 20.5. The summed E-state index contributed by atoms with van der Waals surface area (Å²) in [6.45, 7) is 6.78. The van der Waals surface area contributed by atoms with Gasteiger partial charge in [-0.15, -0.1) is 5.10 Å². The van der Waals surface area contributed by atoms with Crippen LogP contribution in [-0.4, -0.2) is 30.7 Å². The van der Waals surface area contributed by atoms with Gasteiger partial charge in [0.1, 0.15) is 0 Å². The molecule has 0 bridgehead atoms. The molecule has 35 heavy (non-hydrogen) atoms. The summed E-state index contributed by atoms with van der Waals surface area (Å²) in [5.74, 6) is 0.294. The summed E-state index contributed by atoms with van der Waals surface area (Å²) in [5, 5.41) is 8.06. The van der Waals surface area contributed by atoms with Crippen molar-refractivity contribution in [2.45, 2.75) is 65.6 Å². The fraction of sp³-hybridized carbons (Fsp3) is 0.407. The zero-order chi connectivity index (χ0) is 24.7. The standard InChI is InChI=1S/C27H31N5O3/c1-17(2)15-30-25(34)22-13-12-20(24(33)28-21-6-4-5-7-21)14-23(22)32-26(30)29-31(27(32)35)16-19-10-8-18(3)9-11-19/h8-14,17,21H,4-7,15-16H2,1-3H3,(H,28,33). The molecule has 0 aliphatic heterocycles. The third kappa shape index (κ3) is 4.40. The molecule has 1 N–H and O–H groups in total. The molecule has 1 saturated carbocycles. The first kappa shape index (κ1) is 23.1. The van der Waals surface area contributed by atoms with Crippen molar-refractivity contribution in [2.75, 3.05) is 0 Å². The smallest absolute Gasteiger partial charge is 0.349 e. The first-order valence-corrected chi connectivity index (χ1v) is 12.3. The van der Waals surface area contributed by atoms with E-state index in [1.165, 1.54) is 9.08 Å². The average Bonchev–Trinajstić information content (AvgIpc) is 3.45. The minimum absolute atomic E-state index is 0.178. The van der Waals surface area contributed by atoms with Gasteiger partial charge in [-0.05, 0) is 49.4 Å². The Balaban J connectivity index is 1.67. The molecular formula is C27H31N5O3. The summed E-state index contributed by atoms with van der Waals surface area (Å²) in [6, 6.07) is 13.1. The van der Waals surface area contributed by atoms with Crippen LogP contribution in [0.2, 0.25) is 0 Å². The quantitative estimate of drug-likeness (QED) is 0.464. The Morgan fingerprint density at radius 1 is 1.09 bits per heavy atom. The van der Waals surface area contributed by atoms with Gasteiger partial charge in [0.15, 0.2) is 0 Å². The molecule has 1 aliphatic carbocycles. The van der Waals surface area contributed by atoms with Crippen LogP contribution in [0, 0.1) is 12.8 Å². The maximum atomic E-state index is 13.6. The van der Waals surface area contributed by atoms with E-state index in [0.717, 1.165) is 36.8 Å². The van der Waals surface area contributed by atoms with Crippen molar-refractivity contribution in [3.63, 3.8) is 0 Å². The second-order valence-corrected chi connectivity index (χ2v) is 10.1. The number of carbonyl (C=O) groups excluding carboxylic acids is 1. The lowest BCUT2D eigenvalue weighted by molar-refractivity contribution is 0.0938. The van der Waals surface area contributed by atoms with Crippen molar-refractivity contribution in [3.05, 3.63) is 80.0 Å². The lowest BCUT2D eigenvalue weighted by atomic mass is 10.1. The molecule has 1 aliphatic rings. The van der Waals surface area contributed by atoms with E-state index in [1.54, 1.807) is 22.8 Å². The summed E-state index contributed by atoms with van der Waals surface area (Å²) in [7, 11) is 0. The van der Waals surface area contributed by atoms with Gasteiger partial charge in [0, 0.05) is 18.2 Å². The Kier molecular flexibility index (Phi) is 6.05. The Morgan fingerprint density at radius 2 is 1.80 bits per heavy atom. The highest BCUT2D eigenvalue weighted by Gasteiger charge is 2.21. The lowest BCUT2D eigenvalue weighted by Crippen LogP contribution is -2.33. The Bertz CT molecular complexity index is 1520. The number of benzene rings is 2. The van der Waals surface area contributed by atoms with Crippen molar-refractivity contribution < 1.29 is 4.79 Å². The molecule has 1 fully saturated rings. The molecule has 0 spiro atoms. The van der Waals surface area contributed by atoms with Crippen LogP contribution in [0.1, 0.15) is 61.0 Å². The highest BCUT2D eigenvalue weighted by atomic mass is 16.2. The number of nitrogens with one attached hydrogen (secondary N) is 1. The predicted molar refractivity (Wildman–Crippen MR) is 136 cm³/mol. The molecule has 4 aromatic rings. The third-order valence-electron chi connectivity index (χ3n) is 6.73. The molecule has 2 heterocycles. The number of fused-ring (bicyclic) bond motifs is 3. The number of nitrogens with zero attached hydrogens (tertiary/aromatic N) is 4. The molecule has 0 atom stereocenters. The summed E-state index contributed by atoms with van der Waals surface area (Å²) >= 11 is 0. The Morgan fingerprint density at radius 3 is 2.49 bits per heavy atom. The van der Waals surface area contributed by atoms with Crippen LogP contribution in [0.4, 0.5) is 0 Å². The monoisotopic (exact) mass is 473 g/mol. The third-order valence-corrected chi connectivity index (χ3v) is 6.73. The summed E-state index contributed by atoms with van der Waals surface area (Å²) < 4.78 is 4.43. The first-order valence-electron chi connectivity index (χ1n) is 12.3. The van der Waals surface area contributed by atoms with Crippen molar-refractivity contribution in [1.29, 1.82) is 0 Å². The molecule has 2 aromatic carbocycles. The van der Waals surface area contributed by atoms with Crippen LogP contribution in [0.3, 0.4) is 0 Å². The van der Waals surface area contributed by atoms with E-state index >= 15 is 0 Å². The zero-order valence-electron chi connectivity index (χ0n) is 20.5. The molecule has 0 unspecified atom stereocenters. The van der Waals surface area contributed by atoms with Gasteiger partial charge in [-0.25, -0.2) is 13.9 Å². The number of aromatic nitrogens is 4. The van der Waals surface area contributed by atoms with Gasteiger partial charge in [-0.2, -0.15) is 0 Å². The van der Waals surface area contributed by atoms with E-state index in [1.807, 2.05) is 45.0 Å². The van der Waals surface area contributed by atoms with E-state index in [4.69, 9.17) is 0 Å². The van der Waals surface area contributed by atoms with E-state index < -0.39 is 0 Å². The van der Waals surface area contributed by atoms with E-state index in [2.05, 4.69) is 10.4 Å². The number of hydrogen-bond donors (Lipinski definition) is 1. The number of amides is 1. The van der Waals surface area contributed by atoms with Crippen LogP contribution in [0.5, 0.6) is 0 Å². The first-order chi connectivity index (χ1) is 16.8. The van der Waals surface area contributed by atoms with E-state index in [0.29, 0.717) is 35.3 Å².